The molecule has 15 heavy (non-hydrogen) atoms. The van der Waals surface area contributed by atoms with Crippen molar-refractivity contribution in [3.05, 3.63) is 17.9 Å². The van der Waals surface area contributed by atoms with Gasteiger partial charge in [-0.05, 0) is 31.2 Å². The third kappa shape index (κ3) is 2.32. The van der Waals surface area contributed by atoms with Crippen molar-refractivity contribution in [3.8, 4) is 0 Å². The van der Waals surface area contributed by atoms with Crippen molar-refractivity contribution in [1.82, 2.24) is 0 Å². The number of carbonyl (C=O) groups is 1. The number of carboxylic acid groups (broad SMARTS) is 1. The minimum atomic E-state index is -1.03. The molecule has 0 radical (unpaired) electrons. The van der Waals surface area contributed by atoms with Crippen LogP contribution in [-0.2, 0) is 0 Å². The van der Waals surface area contributed by atoms with Gasteiger partial charge in [-0.3, -0.25) is 0 Å². The van der Waals surface area contributed by atoms with Crippen LogP contribution in [0.3, 0.4) is 0 Å². The third-order valence-electron chi connectivity index (χ3n) is 2.86. The van der Waals surface area contributed by atoms with Crippen molar-refractivity contribution in [2.45, 2.75) is 32.2 Å². The molecule has 0 aliphatic heterocycles. The van der Waals surface area contributed by atoms with E-state index >= 15 is 0 Å². The number of nitrogens with one attached hydrogen (secondary N) is 1. The molecule has 2 rings (SSSR count). The van der Waals surface area contributed by atoms with E-state index in [1.165, 1.54) is 12.5 Å². The van der Waals surface area contributed by atoms with Crippen LogP contribution in [0, 0.1) is 5.92 Å². The lowest BCUT2D eigenvalue weighted by Gasteiger charge is -2.10. The highest BCUT2D eigenvalue weighted by Crippen LogP contribution is 2.27. The first-order valence-corrected chi connectivity index (χ1v) is 5.25. The molecule has 1 saturated carbocycles. The summed E-state index contributed by atoms with van der Waals surface area (Å²) in [5, 5.41) is 11.9. The fourth-order valence-electron chi connectivity index (χ4n) is 2.07. The summed E-state index contributed by atoms with van der Waals surface area (Å²) < 4.78 is 5.13. The fraction of sp³-hybridized carbons (Fsp3) is 0.545. The number of furan rings is 1. The average molecular weight is 209 g/mol. The van der Waals surface area contributed by atoms with E-state index in [9.17, 15) is 4.79 Å². The summed E-state index contributed by atoms with van der Waals surface area (Å²) in [5.74, 6) is 0.272. The molecule has 1 heterocycles. The van der Waals surface area contributed by atoms with Crippen LogP contribution in [0.15, 0.2) is 16.5 Å². The second kappa shape index (κ2) is 3.96. The van der Waals surface area contributed by atoms with Gasteiger partial charge in [0, 0.05) is 12.1 Å². The largest absolute Gasteiger partial charge is 0.475 e. The zero-order valence-electron chi connectivity index (χ0n) is 8.69. The van der Waals surface area contributed by atoms with E-state index in [0.29, 0.717) is 11.9 Å². The summed E-state index contributed by atoms with van der Waals surface area (Å²) in [4.78, 5) is 10.6. The molecule has 1 aliphatic rings. The predicted octanol–water partition coefficient (Wildman–Crippen LogP) is 2.58. The zero-order chi connectivity index (χ0) is 10.8. The normalized spacial score (nSPS) is 25.4. The van der Waals surface area contributed by atoms with E-state index in [4.69, 9.17) is 9.52 Å². The highest BCUT2D eigenvalue weighted by atomic mass is 16.4. The number of anilines is 1. The van der Waals surface area contributed by atoms with Crippen LogP contribution in [0.4, 0.5) is 5.88 Å². The fourth-order valence-corrected chi connectivity index (χ4v) is 2.07. The van der Waals surface area contributed by atoms with Crippen molar-refractivity contribution < 1.29 is 14.3 Å². The van der Waals surface area contributed by atoms with Crippen LogP contribution < -0.4 is 5.32 Å². The number of rotatable bonds is 3. The van der Waals surface area contributed by atoms with Crippen molar-refractivity contribution >= 4 is 11.9 Å². The van der Waals surface area contributed by atoms with Gasteiger partial charge in [-0.2, -0.15) is 0 Å². The summed E-state index contributed by atoms with van der Waals surface area (Å²) in [7, 11) is 0. The number of hydrogen-bond acceptors (Lipinski definition) is 3. The summed E-state index contributed by atoms with van der Waals surface area (Å²) in [6.45, 7) is 2.23. The maximum absolute atomic E-state index is 10.6. The average Bonchev–Trinajstić information content (AvgIpc) is 2.76. The predicted molar refractivity (Wildman–Crippen MR) is 56.1 cm³/mol. The van der Waals surface area contributed by atoms with E-state index in [1.807, 2.05) is 0 Å². The molecule has 0 aromatic carbocycles. The highest BCUT2D eigenvalue weighted by molar-refractivity contribution is 5.84. The molecule has 1 aliphatic carbocycles. The van der Waals surface area contributed by atoms with Gasteiger partial charge in [-0.25, -0.2) is 4.79 Å². The van der Waals surface area contributed by atoms with Gasteiger partial charge in [0.2, 0.25) is 5.76 Å². The summed E-state index contributed by atoms with van der Waals surface area (Å²) in [6, 6.07) is 3.57. The zero-order valence-corrected chi connectivity index (χ0v) is 8.69. The second-order valence-corrected chi connectivity index (χ2v) is 4.23. The molecule has 4 heteroatoms. The lowest BCUT2D eigenvalue weighted by molar-refractivity contribution is 0.0663. The van der Waals surface area contributed by atoms with Gasteiger partial charge in [-0.1, -0.05) is 6.92 Å². The molecule has 2 N–H and O–H groups in total. The van der Waals surface area contributed by atoms with Crippen molar-refractivity contribution in [2.75, 3.05) is 5.32 Å². The number of hydrogen-bond donors (Lipinski definition) is 2. The van der Waals surface area contributed by atoms with E-state index in [0.717, 1.165) is 18.8 Å². The molecule has 0 saturated heterocycles. The molecule has 2 unspecified atom stereocenters. The van der Waals surface area contributed by atoms with Gasteiger partial charge in [0.05, 0.1) is 0 Å². The van der Waals surface area contributed by atoms with E-state index in [-0.39, 0.29) is 5.76 Å². The molecule has 1 aromatic heterocycles. The smallest absolute Gasteiger partial charge is 0.371 e. The molecular weight excluding hydrogens is 194 g/mol. The Bertz CT molecular complexity index is 358. The third-order valence-corrected chi connectivity index (χ3v) is 2.86. The number of carboxylic acids is 1. The van der Waals surface area contributed by atoms with Crippen LogP contribution in [0.25, 0.3) is 0 Å². The minimum absolute atomic E-state index is 0.0106. The maximum atomic E-state index is 10.6. The van der Waals surface area contributed by atoms with Crippen LogP contribution in [-0.4, -0.2) is 17.1 Å². The van der Waals surface area contributed by atoms with E-state index in [1.54, 1.807) is 6.07 Å². The molecule has 1 fully saturated rings. The summed E-state index contributed by atoms with van der Waals surface area (Å²) >= 11 is 0. The topological polar surface area (TPSA) is 62.5 Å². The Balaban J connectivity index is 1.96. The maximum Gasteiger partial charge on any atom is 0.371 e. The van der Waals surface area contributed by atoms with Crippen molar-refractivity contribution in [1.29, 1.82) is 0 Å². The van der Waals surface area contributed by atoms with Gasteiger partial charge in [-0.15, -0.1) is 0 Å². The first kappa shape index (κ1) is 10.1. The Kier molecular flexibility index (Phi) is 2.66. The molecule has 0 spiro atoms. The monoisotopic (exact) mass is 209 g/mol. The molecule has 1 aromatic rings. The van der Waals surface area contributed by atoms with Gasteiger partial charge in [0.15, 0.2) is 5.88 Å². The molecule has 2 atom stereocenters. The summed E-state index contributed by atoms with van der Waals surface area (Å²) in [5.41, 5.74) is 0. The molecule has 0 bridgehead atoms. The van der Waals surface area contributed by atoms with E-state index in [2.05, 4.69) is 12.2 Å². The standard InChI is InChI=1S/C11H15NO3/c1-7-2-3-8(6-7)12-10-5-4-9(15-10)11(13)14/h4-5,7-8,12H,2-3,6H2,1H3,(H,13,14). The molecule has 82 valence electrons. The first-order chi connectivity index (χ1) is 7.15. The van der Waals surface area contributed by atoms with Crippen LogP contribution in [0.1, 0.15) is 36.7 Å². The lowest BCUT2D eigenvalue weighted by atomic mass is 10.1. The van der Waals surface area contributed by atoms with Gasteiger partial charge in [0.25, 0.3) is 0 Å². The van der Waals surface area contributed by atoms with E-state index < -0.39 is 5.97 Å². The van der Waals surface area contributed by atoms with Crippen molar-refractivity contribution in [3.63, 3.8) is 0 Å². The Morgan fingerprint density at radius 1 is 1.53 bits per heavy atom. The number of aromatic carboxylic acids is 1. The second-order valence-electron chi connectivity index (χ2n) is 4.23. The van der Waals surface area contributed by atoms with Gasteiger partial charge < -0.3 is 14.8 Å². The first-order valence-electron chi connectivity index (χ1n) is 5.25. The molecule has 0 amide bonds. The van der Waals surface area contributed by atoms with Crippen molar-refractivity contribution in [2.24, 2.45) is 5.92 Å². The Morgan fingerprint density at radius 3 is 2.87 bits per heavy atom. The molecular formula is C11H15NO3. The minimum Gasteiger partial charge on any atom is -0.475 e. The lowest BCUT2D eigenvalue weighted by Crippen LogP contribution is -2.14. The van der Waals surface area contributed by atoms with Crippen LogP contribution in [0.2, 0.25) is 0 Å². The Hall–Kier alpha value is -1.45. The van der Waals surface area contributed by atoms with Crippen LogP contribution in [0.5, 0.6) is 0 Å². The SMILES string of the molecule is CC1CCC(Nc2ccc(C(=O)O)o2)C1. The Labute approximate surface area is 88.3 Å². The van der Waals surface area contributed by atoms with Gasteiger partial charge >= 0.3 is 5.97 Å². The van der Waals surface area contributed by atoms with Crippen LogP contribution >= 0.6 is 0 Å². The summed E-state index contributed by atoms with van der Waals surface area (Å²) in [6.07, 6.45) is 3.48. The van der Waals surface area contributed by atoms with Gasteiger partial charge in [0.1, 0.15) is 0 Å². The Morgan fingerprint density at radius 2 is 2.33 bits per heavy atom. The quantitative estimate of drug-likeness (QED) is 0.803. The molecule has 4 nitrogen and oxygen atoms in total. The highest BCUT2D eigenvalue weighted by Gasteiger charge is 2.22.